The first-order chi connectivity index (χ1) is 13.0. The lowest BCUT2D eigenvalue weighted by molar-refractivity contribution is -0.145. The largest absolute Gasteiger partial charge is 0.394 e. The summed E-state index contributed by atoms with van der Waals surface area (Å²) in [5.41, 5.74) is 5.91. The van der Waals surface area contributed by atoms with E-state index in [1.807, 2.05) is 0 Å². The number of aliphatic hydroxyl groups excluding tert-OH is 3. The van der Waals surface area contributed by atoms with Crippen LogP contribution in [0.2, 0.25) is 5.02 Å². The molecule has 1 fully saturated rings. The number of aliphatic hydroxyl groups is 3. The molecule has 4 atom stereocenters. The van der Waals surface area contributed by atoms with Crippen LogP contribution in [0.3, 0.4) is 0 Å². The van der Waals surface area contributed by atoms with Crippen molar-refractivity contribution in [3.63, 3.8) is 0 Å². The van der Waals surface area contributed by atoms with Crippen molar-refractivity contribution < 1.29 is 20.1 Å². The van der Waals surface area contributed by atoms with Crippen molar-refractivity contribution in [1.29, 1.82) is 0 Å². The van der Waals surface area contributed by atoms with Gasteiger partial charge in [0.15, 0.2) is 17.2 Å². The number of ether oxygens (including phenoxy) is 1. The van der Waals surface area contributed by atoms with Crippen molar-refractivity contribution in [3.8, 4) is 0 Å². The van der Waals surface area contributed by atoms with Crippen LogP contribution in [-0.4, -0.2) is 59.8 Å². The molecule has 1 aromatic carbocycles. The molecule has 5 N–H and O–H groups in total. The van der Waals surface area contributed by atoms with E-state index in [1.54, 1.807) is 24.3 Å². The fourth-order valence-corrected chi connectivity index (χ4v) is 3.60. The van der Waals surface area contributed by atoms with Gasteiger partial charge in [0.25, 0.3) is 0 Å². The molecule has 0 radical (unpaired) electrons. The molecule has 0 unspecified atom stereocenters. The minimum Gasteiger partial charge on any atom is -0.394 e. The first-order valence-electron chi connectivity index (χ1n) is 8.29. The second-order valence-electron chi connectivity index (χ2n) is 6.47. The molecule has 142 valence electrons. The van der Waals surface area contributed by atoms with Crippen LogP contribution in [-0.2, 0) is 16.9 Å². The summed E-state index contributed by atoms with van der Waals surface area (Å²) in [5, 5.41) is 31.4. The Bertz CT molecular complexity index is 966. The molecule has 3 aromatic rings. The summed E-state index contributed by atoms with van der Waals surface area (Å²) in [6.45, 7) is -0.454. The lowest BCUT2D eigenvalue weighted by atomic mass is 9.95. The minimum absolute atomic E-state index is 0.175. The highest BCUT2D eigenvalue weighted by Gasteiger charge is 2.56. The van der Waals surface area contributed by atoms with Gasteiger partial charge in [0.1, 0.15) is 30.2 Å². The smallest absolute Gasteiger partial charge is 0.180 e. The monoisotopic (exact) mass is 391 g/mol. The summed E-state index contributed by atoms with van der Waals surface area (Å²) in [4.78, 5) is 12.4. The van der Waals surface area contributed by atoms with E-state index >= 15 is 0 Å². The molecule has 3 heterocycles. The van der Waals surface area contributed by atoms with Crippen molar-refractivity contribution in [1.82, 2.24) is 19.5 Å². The van der Waals surface area contributed by atoms with Gasteiger partial charge >= 0.3 is 0 Å². The van der Waals surface area contributed by atoms with Crippen LogP contribution in [0, 0.1) is 0 Å². The highest BCUT2D eigenvalue weighted by molar-refractivity contribution is 6.30. The number of rotatable bonds is 4. The maximum absolute atomic E-state index is 10.9. The predicted molar refractivity (Wildman–Crippen MR) is 96.8 cm³/mol. The summed E-state index contributed by atoms with van der Waals surface area (Å²) >= 11 is 5.96. The SMILES string of the molecule is Nc1ncnc2c1ncn2[C@]1(Cc2ccc(Cl)cc2)O[C@H](CO)[C@@H](O)[C@H]1O. The van der Waals surface area contributed by atoms with Crippen LogP contribution in [0.15, 0.2) is 36.9 Å². The number of nitrogens with zero attached hydrogens (tertiary/aromatic N) is 4. The third-order valence-electron chi connectivity index (χ3n) is 4.84. The quantitative estimate of drug-likeness (QED) is 0.490. The van der Waals surface area contributed by atoms with Crippen LogP contribution in [0.1, 0.15) is 5.56 Å². The maximum Gasteiger partial charge on any atom is 0.180 e. The zero-order valence-electron chi connectivity index (χ0n) is 14.1. The highest BCUT2D eigenvalue weighted by atomic mass is 35.5. The molecule has 4 rings (SSSR count). The van der Waals surface area contributed by atoms with E-state index in [1.165, 1.54) is 17.2 Å². The molecule has 1 aliphatic heterocycles. The van der Waals surface area contributed by atoms with E-state index in [0.29, 0.717) is 16.2 Å². The Morgan fingerprint density at radius 1 is 1.19 bits per heavy atom. The van der Waals surface area contributed by atoms with Crippen molar-refractivity contribution in [3.05, 3.63) is 47.5 Å². The second kappa shape index (κ2) is 6.70. The first kappa shape index (κ1) is 18.1. The second-order valence-corrected chi connectivity index (χ2v) is 6.90. The fourth-order valence-electron chi connectivity index (χ4n) is 3.47. The number of anilines is 1. The number of hydrogen-bond donors (Lipinski definition) is 4. The van der Waals surface area contributed by atoms with Crippen LogP contribution < -0.4 is 5.73 Å². The van der Waals surface area contributed by atoms with Crippen molar-refractivity contribution in [2.24, 2.45) is 0 Å². The molecule has 0 aliphatic carbocycles. The third kappa shape index (κ3) is 2.84. The number of halogens is 1. The summed E-state index contributed by atoms with van der Waals surface area (Å²) in [7, 11) is 0. The van der Waals surface area contributed by atoms with Crippen LogP contribution >= 0.6 is 11.6 Å². The Labute approximate surface area is 159 Å². The number of benzene rings is 1. The summed E-state index contributed by atoms with van der Waals surface area (Å²) in [5.74, 6) is 0.187. The van der Waals surface area contributed by atoms with Gasteiger partial charge in [0, 0.05) is 11.4 Å². The fraction of sp³-hybridized carbons (Fsp3) is 0.353. The van der Waals surface area contributed by atoms with Gasteiger partial charge in [0.2, 0.25) is 0 Å². The van der Waals surface area contributed by atoms with Gasteiger partial charge in [0.05, 0.1) is 12.9 Å². The van der Waals surface area contributed by atoms with Gasteiger partial charge in [-0.05, 0) is 17.7 Å². The molecular formula is C17H18ClN5O4. The lowest BCUT2D eigenvalue weighted by Gasteiger charge is -2.34. The third-order valence-corrected chi connectivity index (χ3v) is 5.09. The zero-order valence-corrected chi connectivity index (χ0v) is 14.9. The molecule has 0 saturated carbocycles. The Morgan fingerprint density at radius 2 is 1.93 bits per heavy atom. The van der Waals surface area contributed by atoms with Gasteiger partial charge in [-0.1, -0.05) is 23.7 Å². The number of nitrogen functional groups attached to an aromatic ring is 1. The number of imidazole rings is 1. The highest BCUT2D eigenvalue weighted by Crippen LogP contribution is 2.40. The van der Waals surface area contributed by atoms with Crippen LogP contribution in [0.5, 0.6) is 0 Å². The number of nitrogens with two attached hydrogens (primary N) is 1. The molecule has 27 heavy (non-hydrogen) atoms. The van der Waals surface area contributed by atoms with Crippen LogP contribution in [0.4, 0.5) is 5.82 Å². The molecule has 0 spiro atoms. The van der Waals surface area contributed by atoms with Gasteiger partial charge in [-0.2, -0.15) is 0 Å². The topological polar surface area (TPSA) is 140 Å². The Morgan fingerprint density at radius 3 is 2.59 bits per heavy atom. The standard InChI is InChI=1S/C17H18ClN5O4/c18-10-3-1-9(2-4-10)5-17(14(26)13(25)11(6-24)27-17)23-8-22-12-15(19)20-7-21-16(12)23/h1-4,7-8,11,13-14,24-26H,5-6H2,(H2,19,20,21)/t11-,13-,14-,17-/m1/s1. The van der Waals surface area contributed by atoms with E-state index in [-0.39, 0.29) is 12.2 Å². The average Bonchev–Trinajstić information content (AvgIpc) is 3.20. The van der Waals surface area contributed by atoms with E-state index in [9.17, 15) is 15.3 Å². The van der Waals surface area contributed by atoms with Crippen molar-refractivity contribution in [2.75, 3.05) is 12.3 Å². The zero-order chi connectivity index (χ0) is 19.2. The van der Waals surface area contributed by atoms with Crippen molar-refractivity contribution in [2.45, 2.75) is 30.5 Å². The van der Waals surface area contributed by atoms with E-state index in [4.69, 9.17) is 22.1 Å². The maximum atomic E-state index is 10.9. The minimum atomic E-state index is -1.45. The van der Waals surface area contributed by atoms with E-state index in [2.05, 4.69) is 15.0 Å². The summed E-state index contributed by atoms with van der Waals surface area (Å²) in [6, 6.07) is 7.03. The number of fused-ring (bicyclic) bond motifs is 1. The molecule has 0 amide bonds. The number of aromatic nitrogens is 4. The van der Waals surface area contributed by atoms with Gasteiger partial charge in [-0.15, -0.1) is 0 Å². The Hall–Kier alpha value is -2.30. The Kier molecular flexibility index (Phi) is 4.49. The summed E-state index contributed by atoms with van der Waals surface area (Å²) < 4.78 is 7.51. The molecule has 0 bridgehead atoms. The molecule has 1 aliphatic rings. The lowest BCUT2D eigenvalue weighted by Crippen LogP contribution is -2.47. The van der Waals surface area contributed by atoms with Crippen molar-refractivity contribution >= 4 is 28.6 Å². The predicted octanol–water partition coefficient (Wildman–Crippen LogP) is 0.0703. The molecule has 1 saturated heterocycles. The van der Waals surface area contributed by atoms with E-state index in [0.717, 1.165) is 5.56 Å². The molecular weight excluding hydrogens is 374 g/mol. The van der Waals surface area contributed by atoms with E-state index < -0.39 is 30.6 Å². The number of hydrogen-bond acceptors (Lipinski definition) is 8. The average molecular weight is 392 g/mol. The normalized spacial score (nSPS) is 28.1. The molecule has 2 aromatic heterocycles. The van der Waals surface area contributed by atoms with Gasteiger partial charge < -0.3 is 25.8 Å². The first-order valence-corrected chi connectivity index (χ1v) is 8.67. The van der Waals surface area contributed by atoms with Crippen LogP contribution in [0.25, 0.3) is 11.2 Å². The van der Waals surface area contributed by atoms with Gasteiger partial charge in [-0.3, -0.25) is 4.57 Å². The Balaban J connectivity index is 1.88. The molecule has 9 nitrogen and oxygen atoms in total. The van der Waals surface area contributed by atoms with Gasteiger partial charge in [-0.25, -0.2) is 15.0 Å². The summed E-state index contributed by atoms with van der Waals surface area (Å²) in [6.07, 6.45) is -0.718. The molecule has 10 heteroatoms.